The van der Waals surface area contributed by atoms with E-state index in [1.807, 2.05) is 13.8 Å². The molecule has 0 amide bonds. The van der Waals surface area contributed by atoms with Gasteiger partial charge in [0.05, 0.1) is 11.8 Å². The molecule has 3 aromatic rings. The van der Waals surface area contributed by atoms with Crippen LogP contribution in [0.2, 0.25) is 5.02 Å². The maximum atomic E-state index is 13.7. The lowest BCUT2D eigenvalue weighted by Crippen LogP contribution is -2.32. The number of nitrogens with zero attached hydrogens (tertiary/aromatic N) is 1. The van der Waals surface area contributed by atoms with Gasteiger partial charge < -0.3 is 9.12 Å². The summed E-state index contributed by atoms with van der Waals surface area (Å²) in [4.78, 5) is 26.5. The SMILES string of the molecule is CCCC[S+]([O-])N[C@@H](CC)c1cc(=O)n(C)cc1-c1cc(CS(=O)(=O)CC)ccc1C(=O)c1ccc(Cl)cc1. The van der Waals surface area contributed by atoms with E-state index >= 15 is 0 Å². The standard InChI is InChI=1S/C29H35ClN2O5S2/c1-5-8-15-38(35)31-27(6-2)25-17-28(33)32(4)18-26(25)24-16-20(19-39(36,37)7-3)9-14-23(24)29(34)21-10-12-22(30)13-11-21/h9-14,16-18,27,31H,5-8,15,19H2,1-4H3/t27-,38?/m0/s1. The molecule has 0 spiro atoms. The lowest BCUT2D eigenvalue weighted by molar-refractivity contribution is 0.103. The van der Waals surface area contributed by atoms with Crippen LogP contribution in [0.25, 0.3) is 11.1 Å². The Labute approximate surface area is 238 Å². The molecule has 1 heterocycles. The van der Waals surface area contributed by atoms with Gasteiger partial charge in [-0.1, -0.05) is 50.9 Å². The van der Waals surface area contributed by atoms with Crippen LogP contribution in [-0.2, 0) is 34.0 Å². The zero-order chi connectivity index (χ0) is 28.7. The molecule has 0 saturated heterocycles. The Morgan fingerprint density at radius 1 is 1.08 bits per heavy atom. The Morgan fingerprint density at radius 3 is 2.38 bits per heavy atom. The van der Waals surface area contributed by atoms with Crippen LogP contribution in [0.3, 0.4) is 0 Å². The van der Waals surface area contributed by atoms with Crippen LogP contribution in [0.15, 0.2) is 59.5 Å². The molecule has 0 saturated carbocycles. The molecule has 0 radical (unpaired) electrons. The minimum absolute atomic E-state index is 0.00964. The molecular formula is C29H35ClN2O5S2. The van der Waals surface area contributed by atoms with Gasteiger partial charge in [-0.25, -0.2) is 8.42 Å². The van der Waals surface area contributed by atoms with E-state index in [4.69, 9.17) is 11.6 Å². The first kappa shape index (κ1) is 31.1. The predicted molar refractivity (Wildman–Crippen MR) is 159 cm³/mol. The van der Waals surface area contributed by atoms with Crippen LogP contribution in [0.4, 0.5) is 0 Å². The number of benzene rings is 2. The van der Waals surface area contributed by atoms with Gasteiger partial charge in [0.25, 0.3) is 5.56 Å². The van der Waals surface area contributed by atoms with Crippen LogP contribution in [0.5, 0.6) is 0 Å². The van der Waals surface area contributed by atoms with Gasteiger partial charge in [-0.2, -0.15) is 0 Å². The second kappa shape index (κ2) is 13.8. The van der Waals surface area contributed by atoms with Crippen molar-refractivity contribution in [2.24, 2.45) is 7.05 Å². The van der Waals surface area contributed by atoms with Crippen molar-refractivity contribution in [3.63, 3.8) is 0 Å². The highest BCUT2D eigenvalue weighted by atomic mass is 35.5. The van der Waals surface area contributed by atoms with Crippen molar-refractivity contribution in [2.45, 2.75) is 51.8 Å². The van der Waals surface area contributed by atoms with Crippen molar-refractivity contribution in [3.05, 3.63) is 92.4 Å². The van der Waals surface area contributed by atoms with Gasteiger partial charge in [-0.3, -0.25) is 9.59 Å². The molecule has 0 aliphatic heterocycles. The molecule has 1 aromatic heterocycles. The Bertz CT molecular complexity index is 1470. The Balaban J connectivity index is 2.24. The fourth-order valence-electron chi connectivity index (χ4n) is 4.23. The van der Waals surface area contributed by atoms with Crippen molar-refractivity contribution < 1.29 is 17.8 Å². The maximum Gasteiger partial charge on any atom is 0.250 e. The third-order valence-electron chi connectivity index (χ3n) is 6.55. The number of halogens is 1. The zero-order valence-electron chi connectivity index (χ0n) is 22.7. The van der Waals surface area contributed by atoms with Gasteiger partial charge >= 0.3 is 0 Å². The summed E-state index contributed by atoms with van der Waals surface area (Å²) in [7, 11) is -1.72. The van der Waals surface area contributed by atoms with Crippen LogP contribution in [0.1, 0.15) is 73.1 Å². The van der Waals surface area contributed by atoms with Gasteiger partial charge in [0.15, 0.2) is 15.6 Å². The Morgan fingerprint density at radius 2 is 1.77 bits per heavy atom. The number of hydrogen-bond donors (Lipinski definition) is 1. The molecule has 0 aliphatic rings. The van der Waals surface area contributed by atoms with Crippen molar-refractivity contribution in [1.29, 1.82) is 0 Å². The number of carbonyl (C=O) groups excluding carboxylic acids is 1. The van der Waals surface area contributed by atoms with E-state index in [9.17, 15) is 22.6 Å². The van der Waals surface area contributed by atoms with Gasteiger partial charge in [0.2, 0.25) is 0 Å². The van der Waals surface area contributed by atoms with Crippen molar-refractivity contribution in [2.75, 3.05) is 11.5 Å². The first-order valence-corrected chi connectivity index (χ1v) is 16.5. The van der Waals surface area contributed by atoms with Gasteiger partial charge in [0, 0.05) is 58.1 Å². The number of ketones is 1. The summed E-state index contributed by atoms with van der Waals surface area (Å²) in [6.45, 7) is 5.55. The molecule has 0 fully saturated rings. The summed E-state index contributed by atoms with van der Waals surface area (Å²) in [6, 6.07) is 12.6. The number of unbranched alkanes of at least 4 members (excludes halogenated alkanes) is 1. The molecule has 39 heavy (non-hydrogen) atoms. The fourth-order valence-corrected chi connectivity index (χ4v) is 6.53. The molecule has 7 nitrogen and oxygen atoms in total. The Hall–Kier alpha value is -2.43. The minimum Gasteiger partial charge on any atom is -0.598 e. The average Bonchev–Trinajstić information content (AvgIpc) is 2.91. The maximum absolute atomic E-state index is 13.7. The Kier molecular flexibility index (Phi) is 11.0. The van der Waals surface area contributed by atoms with E-state index in [-0.39, 0.29) is 22.8 Å². The normalized spacial score (nSPS) is 13.3. The first-order valence-electron chi connectivity index (χ1n) is 13.0. The van der Waals surface area contributed by atoms with E-state index in [0.29, 0.717) is 50.6 Å². The average molecular weight is 591 g/mol. The van der Waals surface area contributed by atoms with Gasteiger partial charge in [0.1, 0.15) is 5.75 Å². The molecule has 0 aliphatic carbocycles. The summed E-state index contributed by atoms with van der Waals surface area (Å²) < 4.78 is 42.2. The van der Waals surface area contributed by atoms with Crippen molar-refractivity contribution in [3.8, 4) is 11.1 Å². The summed E-state index contributed by atoms with van der Waals surface area (Å²) in [6.07, 6.45) is 3.91. The topological polar surface area (TPSA) is 108 Å². The summed E-state index contributed by atoms with van der Waals surface area (Å²) in [5.74, 6) is 0.0323. The summed E-state index contributed by atoms with van der Waals surface area (Å²) in [5, 5.41) is 0.500. The molecule has 10 heteroatoms. The summed E-state index contributed by atoms with van der Waals surface area (Å²) in [5.41, 5.74) is 2.77. The number of aromatic nitrogens is 1. The van der Waals surface area contributed by atoms with Crippen LogP contribution in [0, 0.1) is 0 Å². The van der Waals surface area contributed by atoms with E-state index in [1.165, 1.54) is 10.6 Å². The summed E-state index contributed by atoms with van der Waals surface area (Å²) >= 11 is 4.72. The van der Waals surface area contributed by atoms with Crippen LogP contribution in [-0.4, -0.2) is 34.8 Å². The number of sulfone groups is 1. The second-order valence-corrected chi connectivity index (χ2v) is 13.6. The molecular weight excluding hydrogens is 556 g/mol. The van der Waals surface area contributed by atoms with E-state index in [1.54, 1.807) is 62.6 Å². The molecule has 2 atom stereocenters. The number of rotatable bonds is 13. The molecule has 1 N–H and O–H groups in total. The highest BCUT2D eigenvalue weighted by Gasteiger charge is 2.25. The number of carbonyl (C=O) groups is 1. The van der Waals surface area contributed by atoms with Gasteiger partial charge in [-0.05, 0) is 59.9 Å². The van der Waals surface area contributed by atoms with E-state index < -0.39 is 27.2 Å². The lowest BCUT2D eigenvalue weighted by atomic mass is 9.89. The van der Waals surface area contributed by atoms with Crippen molar-refractivity contribution in [1.82, 2.24) is 9.29 Å². The third-order valence-corrected chi connectivity index (χ3v) is 9.66. The number of aryl methyl sites for hydroxylation is 1. The fraction of sp³-hybridized carbons (Fsp3) is 0.379. The highest BCUT2D eigenvalue weighted by molar-refractivity contribution is 7.90. The zero-order valence-corrected chi connectivity index (χ0v) is 25.1. The molecule has 1 unspecified atom stereocenters. The number of nitrogens with one attached hydrogen (secondary N) is 1. The van der Waals surface area contributed by atoms with E-state index in [0.717, 1.165) is 12.8 Å². The molecule has 2 aromatic carbocycles. The molecule has 210 valence electrons. The predicted octanol–water partition coefficient (Wildman–Crippen LogP) is 5.38. The van der Waals surface area contributed by atoms with Crippen LogP contribution < -0.4 is 10.3 Å². The third kappa shape index (κ3) is 8.05. The minimum atomic E-state index is -3.34. The first-order chi connectivity index (χ1) is 18.5. The molecule has 0 bridgehead atoms. The quantitative estimate of drug-likeness (QED) is 0.212. The monoisotopic (exact) mass is 590 g/mol. The van der Waals surface area contributed by atoms with E-state index in [2.05, 4.69) is 4.72 Å². The molecule has 3 rings (SSSR count). The number of hydrogen-bond acceptors (Lipinski definition) is 6. The lowest BCUT2D eigenvalue weighted by Gasteiger charge is -2.23. The smallest absolute Gasteiger partial charge is 0.250 e. The van der Waals surface area contributed by atoms with Crippen molar-refractivity contribution >= 4 is 38.6 Å². The second-order valence-electron chi connectivity index (χ2n) is 9.47. The van der Waals surface area contributed by atoms with Crippen LogP contribution >= 0.6 is 11.6 Å². The van der Waals surface area contributed by atoms with Gasteiger partial charge in [-0.15, -0.1) is 4.72 Å². The highest BCUT2D eigenvalue weighted by Crippen LogP contribution is 2.34. The largest absolute Gasteiger partial charge is 0.598 e. The number of pyridine rings is 1.